The summed E-state index contributed by atoms with van der Waals surface area (Å²) in [5.41, 5.74) is 0.801. The van der Waals surface area contributed by atoms with Gasteiger partial charge in [-0.05, 0) is 23.6 Å². The van der Waals surface area contributed by atoms with E-state index in [2.05, 4.69) is 19.2 Å². The third kappa shape index (κ3) is 7.65. The van der Waals surface area contributed by atoms with Gasteiger partial charge in [0.1, 0.15) is 11.8 Å². The van der Waals surface area contributed by atoms with E-state index in [0.29, 0.717) is 12.5 Å². The first kappa shape index (κ1) is 19.0. The van der Waals surface area contributed by atoms with Crippen molar-refractivity contribution in [3.8, 4) is 5.75 Å². The van der Waals surface area contributed by atoms with Gasteiger partial charge in [0.15, 0.2) is 0 Å². The molecule has 1 unspecified atom stereocenters. The Labute approximate surface area is 136 Å². The van der Waals surface area contributed by atoms with E-state index in [9.17, 15) is 9.59 Å². The molecule has 0 aliphatic carbocycles. The van der Waals surface area contributed by atoms with Gasteiger partial charge >= 0.3 is 5.97 Å². The molecule has 6 nitrogen and oxygen atoms in total. The zero-order valence-corrected chi connectivity index (χ0v) is 13.9. The van der Waals surface area contributed by atoms with Crippen molar-refractivity contribution in [3.63, 3.8) is 0 Å². The van der Waals surface area contributed by atoms with Crippen molar-refractivity contribution in [1.29, 1.82) is 0 Å². The van der Waals surface area contributed by atoms with Crippen molar-refractivity contribution in [2.75, 3.05) is 20.3 Å². The standard InChI is InChI=1S/C17H25NO5/c1-12(2)11-23-14-6-4-13(5-7-14)10-16(19)18-15(17(20)21)8-9-22-3/h4-7,12,15H,8-11H2,1-3H3,(H,18,19)(H,20,21). The number of benzene rings is 1. The van der Waals surface area contributed by atoms with E-state index in [1.807, 2.05) is 12.1 Å². The maximum absolute atomic E-state index is 11.9. The minimum atomic E-state index is -1.06. The van der Waals surface area contributed by atoms with Crippen LogP contribution in [0.3, 0.4) is 0 Å². The number of carbonyl (C=O) groups excluding carboxylic acids is 1. The van der Waals surface area contributed by atoms with E-state index in [1.165, 1.54) is 7.11 Å². The molecule has 1 rings (SSSR count). The summed E-state index contributed by atoms with van der Waals surface area (Å²) in [5.74, 6) is -0.191. The van der Waals surface area contributed by atoms with Crippen molar-refractivity contribution in [3.05, 3.63) is 29.8 Å². The number of rotatable bonds is 10. The highest BCUT2D eigenvalue weighted by atomic mass is 16.5. The Hall–Kier alpha value is -2.08. The number of aliphatic carboxylic acids is 1. The Kier molecular flexibility index (Phi) is 8.11. The third-order valence-electron chi connectivity index (χ3n) is 3.12. The summed E-state index contributed by atoms with van der Waals surface area (Å²) in [6.07, 6.45) is 0.362. The fourth-order valence-electron chi connectivity index (χ4n) is 1.89. The Morgan fingerprint density at radius 2 is 1.87 bits per heavy atom. The lowest BCUT2D eigenvalue weighted by Crippen LogP contribution is -2.42. The van der Waals surface area contributed by atoms with Crippen LogP contribution in [0, 0.1) is 5.92 Å². The number of carboxylic acid groups (broad SMARTS) is 1. The van der Waals surface area contributed by atoms with E-state index < -0.39 is 12.0 Å². The molecule has 1 atom stereocenters. The van der Waals surface area contributed by atoms with Crippen molar-refractivity contribution < 1.29 is 24.2 Å². The molecule has 0 fully saturated rings. The van der Waals surface area contributed by atoms with Gasteiger partial charge in [-0.2, -0.15) is 0 Å². The summed E-state index contributed by atoms with van der Waals surface area (Å²) in [7, 11) is 1.49. The lowest BCUT2D eigenvalue weighted by Gasteiger charge is -2.14. The molecule has 0 saturated heterocycles. The molecule has 2 N–H and O–H groups in total. The second-order valence-corrected chi connectivity index (χ2v) is 5.77. The quantitative estimate of drug-likeness (QED) is 0.686. The highest BCUT2D eigenvalue weighted by Crippen LogP contribution is 2.13. The fourth-order valence-corrected chi connectivity index (χ4v) is 1.89. The molecule has 0 aliphatic heterocycles. The van der Waals surface area contributed by atoms with Crippen LogP contribution < -0.4 is 10.1 Å². The number of amides is 1. The molecule has 1 aromatic carbocycles. The third-order valence-corrected chi connectivity index (χ3v) is 3.12. The molecular weight excluding hydrogens is 298 g/mol. The molecular formula is C17H25NO5. The van der Waals surface area contributed by atoms with Gasteiger partial charge in [0.25, 0.3) is 0 Å². The predicted octanol–water partition coefficient (Wildman–Crippen LogP) is 1.87. The van der Waals surface area contributed by atoms with Gasteiger partial charge in [0.05, 0.1) is 13.0 Å². The summed E-state index contributed by atoms with van der Waals surface area (Å²) >= 11 is 0. The maximum Gasteiger partial charge on any atom is 0.326 e. The topological polar surface area (TPSA) is 84.9 Å². The number of hydrogen-bond donors (Lipinski definition) is 2. The first-order valence-corrected chi connectivity index (χ1v) is 7.65. The average molecular weight is 323 g/mol. The SMILES string of the molecule is COCCC(NC(=O)Cc1ccc(OCC(C)C)cc1)C(=O)O. The largest absolute Gasteiger partial charge is 0.493 e. The molecule has 0 aliphatic rings. The van der Waals surface area contributed by atoms with Crippen LogP contribution in [-0.2, 0) is 20.7 Å². The Bertz CT molecular complexity index is 498. The minimum Gasteiger partial charge on any atom is -0.493 e. The summed E-state index contributed by atoms with van der Waals surface area (Å²) in [4.78, 5) is 23.0. The number of methoxy groups -OCH3 is 1. The molecule has 1 aromatic rings. The lowest BCUT2D eigenvalue weighted by atomic mass is 10.1. The van der Waals surface area contributed by atoms with Crippen LogP contribution in [0.4, 0.5) is 0 Å². The number of hydrogen-bond acceptors (Lipinski definition) is 4. The first-order valence-electron chi connectivity index (χ1n) is 7.65. The van der Waals surface area contributed by atoms with Gasteiger partial charge in [-0.25, -0.2) is 4.79 Å². The highest BCUT2D eigenvalue weighted by molar-refractivity contribution is 5.84. The van der Waals surface area contributed by atoms with E-state index in [0.717, 1.165) is 11.3 Å². The molecule has 23 heavy (non-hydrogen) atoms. The van der Waals surface area contributed by atoms with Crippen molar-refractivity contribution in [2.45, 2.75) is 32.7 Å². The number of nitrogens with one attached hydrogen (secondary N) is 1. The molecule has 128 valence electrons. The molecule has 0 bridgehead atoms. The second-order valence-electron chi connectivity index (χ2n) is 5.77. The molecule has 1 amide bonds. The first-order chi connectivity index (χ1) is 10.9. The van der Waals surface area contributed by atoms with Crippen LogP contribution in [0.2, 0.25) is 0 Å². The molecule has 0 saturated carbocycles. The van der Waals surface area contributed by atoms with Gasteiger partial charge in [-0.15, -0.1) is 0 Å². The van der Waals surface area contributed by atoms with Crippen molar-refractivity contribution in [2.24, 2.45) is 5.92 Å². The van der Waals surface area contributed by atoms with E-state index in [4.69, 9.17) is 14.6 Å². The number of carbonyl (C=O) groups is 2. The zero-order valence-electron chi connectivity index (χ0n) is 13.9. The lowest BCUT2D eigenvalue weighted by molar-refractivity contribution is -0.142. The maximum atomic E-state index is 11.9. The Morgan fingerprint density at radius 1 is 1.22 bits per heavy atom. The monoisotopic (exact) mass is 323 g/mol. The smallest absolute Gasteiger partial charge is 0.326 e. The number of ether oxygens (including phenoxy) is 2. The van der Waals surface area contributed by atoms with Crippen LogP contribution in [-0.4, -0.2) is 43.3 Å². The average Bonchev–Trinajstić information content (AvgIpc) is 2.50. The van der Waals surface area contributed by atoms with Crippen LogP contribution in [0.5, 0.6) is 5.75 Å². The summed E-state index contributed by atoms with van der Waals surface area (Å²) in [6, 6.07) is 6.30. The van der Waals surface area contributed by atoms with E-state index >= 15 is 0 Å². The highest BCUT2D eigenvalue weighted by Gasteiger charge is 2.19. The van der Waals surface area contributed by atoms with Gasteiger partial charge in [-0.3, -0.25) is 4.79 Å². The van der Waals surface area contributed by atoms with E-state index in [-0.39, 0.29) is 25.4 Å². The minimum absolute atomic E-state index is 0.126. The Balaban J connectivity index is 2.51. The summed E-state index contributed by atoms with van der Waals surface area (Å²) in [6.45, 7) is 5.06. The van der Waals surface area contributed by atoms with Crippen molar-refractivity contribution >= 4 is 11.9 Å². The molecule has 6 heteroatoms. The van der Waals surface area contributed by atoms with Crippen molar-refractivity contribution in [1.82, 2.24) is 5.32 Å². The zero-order chi connectivity index (χ0) is 17.2. The molecule has 0 aromatic heterocycles. The van der Waals surface area contributed by atoms with E-state index in [1.54, 1.807) is 12.1 Å². The molecule has 0 spiro atoms. The van der Waals surface area contributed by atoms with Crippen LogP contribution in [0.1, 0.15) is 25.8 Å². The normalized spacial score (nSPS) is 12.0. The summed E-state index contributed by atoms with van der Waals surface area (Å²) < 4.78 is 10.4. The fraction of sp³-hybridized carbons (Fsp3) is 0.529. The second kappa shape index (κ2) is 9.84. The van der Waals surface area contributed by atoms with Crippen LogP contribution in [0.25, 0.3) is 0 Å². The van der Waals surface area contributed by atoms with Gasteiger partial charge < -0.3 is 19.9 Å². The van der Waals surface area contributed by atoms with Gasteiger partial charge in [0, 0.05) is 20.1 Å². The Morgan fingerprint density at radius 3 is 2.39 bits per heavy atom. The predicted molar refractivity (Wildman–Crippen MR) is 86.5 cm³/mol. The van der Waals surface area contributed by atoms with Gasteiger partial charge in [-0.1, -0.05) is 26.0 Å². The van der Waals surface area contributed by atoms with Crippen LogP contribution in [0.15, 0.2) is 24.3 Å². The molecule has 0 heterocycles. The summed E-state index contributed by atoms with van der Waals surface area (Å²) in [5, 5.41) is 11.6. The van der Waals surface area contributed by atoms with Gasteiger partial charge in [0.2, 0.25) is 5.91 Å². The number of carboxylic acids is 1. The molecule has 0 radical (unpaired) electrons. The van der Waals surface area contributed by atoms with Crippen LogP contribution >= 0.6 is 0 Å².